The minimum atomic E-state index is 0. The predicted molar refractivity (Wildman–Crippen MR) is 110 cm³/mol. The normalized spacial score (nSPS) is 39.6. The van der Waals surface area contributed by atoms with Crippen molar-refractivity contribution in [2.24, 2.45) is 35.5 Å². The van der Waals surface area contributed by atoms with Gasteiger partial charge in [0.05, 0.1) is 0 Å². The molecule has 0 bridgehead atoms. The molecule has 0 spiro atoms. The van der Waals surface area contributed by atoms with Crippen LogP contribution >= 0.6 is 0 Å². The smallest absolute Gasteiger partial charge is 0.0414 e. The lowest BCUT2D eigenvalue weighted by Gasteiger charge is -2.32. The third kappa shape index (κ3) is 7.24. The SMILES string of the molecule is CC1CCC(CCC2CCC(CCC3CCC(C)CC3)CC2)CC1.O. The minimum Gasteiger partial charge on any atom is -0.412 e. The van der Waals surface area contributed by atoms with E-state index in [4.69, 9.17) is 0 Å². The van der Waals surface area contributed by atoms with Gasteiger partial charge in [-0.15, -0.1) is 0 Å². The first-order chi connectivity index (χ1) is 11.7. The Morgan fingerprint density at radius 3 is 0.840 bits per heavy atom. The van der Waals surface area contributed by atoms with E-state index < -0.39 is 0 Å². The van der Waals surface area contributed by atoms with Crippen LogP contribution in [0.25, 0.3) is 0 Å². The topological polar surface area (TPSA) is 31.5 Å². The van der Waals surface area contributed by atoms with Crippen LogP contribution in [-0.2, 0) is 0 Å². The van der Waals surface area contributed by atoms with Crippen molar-refractivity contribution in [3.63, 3.8) is 0 Å². The van der Waals surface area contributed by atoms with Gasteiger partial charge in [0.2, 0.25) is 0 Å². The molecule has 3 rings (SSSR count). The third-order valence-corrected chi connectivity index (χ3v) is 8.20. The molecule has 0 aromatic carbocycles. The summed E-state index contributed by atoms with van der Waals surface area (Å²) in [6.07, 6.45) is 24.7. The lowest BCUT2D eigenvalue weighted by atomic mass is 9.74. The highest BCUT2D eigenvalue weighted by Gasteiger charge is 2.25. The van der Waals surface area contributed by atoms with Crippen molar-refractivity contribution >= 4 is 0 Å². The van der Waals surface area contributed by atoms with Gasteiger partial charge in [0.1, 0.15) is 0 Å². The quantitative estimate of drug-likeness (QED) is 0.486. The van der Waals surface area contributed by atoms with Crippen LogP contribution in [0.5, 0.6) is 0 Å². The molecule has 3 fully saturated rings. The van der Waals surface area contributed by atoms with E-state index in [1.807, 2.05) is 0 Å². The van der Waals surface area contributed by atoms with E-state index in [-0.39, 0.29) is 5.48 Å². The van der Waals surface area contributed by atoms with Crippen molar-refractivity contribution in [3.05, 3.63) is 0 Å². The van der Waals surface area contributed by atoms with Crippen molar-refractivity contribution in [1.82, 2.24) is 0 Å². The first-order valence-corrected chi connectivity index (χ1v) is 11.7. The monoisotopic (exact) mass is 350 g/mol. The molecular formula is C24H46O. The number of hydrogen-bond donors (Lipinski definition) is 0. The Morgan fingerprint density at radius 2 is 0.600 bits per heavy atom. The molecule has 148 valence electrons. The van der Waals surface area contributed by atoms with Crippen molar-refractivity contribution in [2.75, 3.05) is 0 Å². The van der Waals surface area contributed by atoms with Crippen LogP contribution in [0.1, 0.15) is 117 Å². The highest BCUT2D eigenvalue weighted by atomic mass is 16.0. The lowest BCUT2D eigenvalue weighted by Crippen LogP contribution is -2.19. The minimum absolute atomic E-state index is 0. The molecule has 0 atom stereocenters. The summed E-state index contributed by atoms with van der Waals surface area (Å²) < 4.78 is 0. The van der Waals surface area contributed by atoms with Gasteiger partial charge in [-0.3, -0.25) is 0 Å². The van der Waals surface area contributed by atoms with E-state index in [0.717, 1.165) is 35.5 Å². The van der Waals surface area contributed by atoms with Crippen molar-refractivity contribution in [2.45, 2.75) is 117 Å². The Labute approximate surface area is 158 Å². The van der Waals surface area contributed by atoms with Gasteiger partial charge in [0.25, 0.3) is 0 Å². The predicted octanol–water partition coefficient (Wildman–Crippen LogP) is 7.18. The van der Waals surface area contributed by atoms with Crippen LogP contribution < -0.4 is 0 Å². The van der Waals surface area contributed by atoms with Gasteiger partial charge in [0.15, 0.2) is 0 Å². The molecule has 2 N–H and O–H groups in total. The molecule has 3 saturated carbocycles. The van der Waals surface area contributed by atoms with E-state index in [2.05, 4.69) is 13.8 Å². The van der Waals surface area contributed by atoms with Gasteiger partial charge in [-0.05, 0) is 35.5 Å². The number of rotatable bonds is 6. The van der Waals surface area contributed by atoms with Gasteiger partial charge < -0.3 is 5.48 Å². The maximum absolute atomic E-state index is 2.45. The molecular weight excluding hydrogens is 304 g/mol. The van der Waals surface area contributed by atoms with Gasteiger partial charge >= 0.3 is 0 Å². The fourth-order valence-corrected chi connectivity index (χ4v) is 5.99. The third-order valence-electron chi connectivity index (χ3n) is 8.20. The van der Waals surface area contributed by atoms with E-state index in [1.54, 1.807) is 51.4 Å². The second kappa shape index (κ2) is 11.0. The Hall–Kier alpha value is -0.0400. The molecule has 0 unspecified atom stereocenters. The summed E-state index contributed by atoms with van der Waals surface area (Å²) in [5.74, 6) is 6.40. The van der Waals surface area contributed by atoms with E-state index in [9.17, 15) is 0 Å². The summed E-state index contributed by atoms with van der Waals surface area (Å²) in [6.45, 7) is 4.90. The summed E-state index contributed by atoms with van der Waals surface area (Å²) >= 11 is 0. The van der Waals surface area contributed by atoms with Crippen LogP contribution in [0.2, 0.25) is 0 Å². The van der Waals surface area contributed by atoms with E-state index in [1.165, 1.54) is 51.4 Å². The molecule has 0 heterocycles. The van der Waals surface area contributed by atoms with E-state index >= 15 is 0 Å². The van der Waals surface area contributed by atoms with Crippen molar-refractivity contribution in [3.8, 4) is 0 Å². The highest BCUT2D eigenvalue weighted by molar-refractivity contribution is 4.77. The number of hydrogen-bond acceptors (Lipinski definition) is 0. The molecule has 0 aromatic heterocycles. The average molecular weight is 351 g/mol. The molecule has 3 aliphatic rings. The summed E-state index contributed by atoms with van der Waals surface area (Å²) in [4.78, 5) is 0. The van der Waals surface area contributed by atoms with Gasteiger partial charge in [-0.1, -0.05) is 117 Å². The fourth-order valence-electron chi connectivity index (χ4n) is 5.99. The fraction of sp³-hybridized carbons (Fsp3) is 1.00. The molecule has 3 aliphatic carbocycles. The summed E-state index contributed by atoms with van der Waals surface area (Å²) in [7, 11) is 0. The van der Waals surface area contributed by atoms with Crippen molar-refractivity contribution < 1.29 is 5.48 Å². The molecule has 1 nitrogen and oxygen atoms in total. The zero-order chi connectivity index (χ0) is 16.8. The Bertz CT molecular complexity index is 294. The zero-order valence-electron chi connectivity index (χ0n) is 17.3. The summed E-state index contributed by atoms with van der Waals surface area (Å²) in [6, 6.07) is 0. The van der Waals surface area contributed by atoms with Gasteiger partial charge in [-0.2, -0.15) is 0 Å². The first-order valence-electron chi connectivity index (χ1n) is 11.7. The van der Waals surface area contributed by atoms with Crippen LogP contribution in [0, 0.1) is 35.5 Å². The van der Waals surface area contributed by atoms with Gasteiger partial charge in [0, 0.05) is 0 Å². The second-order valence-corrected chi connectivity index (χ2v) is 10.3. The molecule has 0 amide bonds. The van der Waals surface area contributed by atoms with Crippen LogP contribution in [-0.4, -0.2) is 5.48 Å². The summed E-state index contributed by atoms with van der Waals surface area (Å²) in [5.41, 5.74) is 0. The molecule has 1 heteroatoms. The van der Waals surface area contributed by atoms with Crippen molar-refractivity contribution in [1.29, 1.82) is 0 Å². The maximum Gasteiger partial charge on any atom is -0.0414 e. The average Bonchev–Trinajstić information content (AvgIpc) is 2.62. The molecule has 0 aromatic rings. The largest absolute Gasteiger partial charge is 0.412 e. The molecule has 0 radical (unpaired) electrons. The van der Waals surface area contributed by atoms with Crippen LogP contribution in [0.15, 0.2) is 0 Å². The molecule has 0 saturated heterocycles. The highest BCUT2D eigenvalue weighted by Crippen LogP contribution is 2.39. The molecule has 25 heavy (non-hydrogen) atoms. The summed E-state index contributed by atoms with van der Waals surface area (Å²) in [5, 5.41) is 0. The van der Waals surface area contributed by atoms with Crippen LogP contribution in [0.4, 0.5) is 0 Å². The van der Waals surface area contributed by atoms with Gasteiger partial charge in [-0.25, -0.2) is 0 Å². The lowest BCUT2D eigenvalue weighted by molar-refractivity contribution is 0.201. The first kappa shape index (κ1) is 21.3. The zero-order valence-corrected chi connectivity index (χ0v) is 17.3. The Kier molecular flexibility index (Phi) is 9.31. The van der Waals surface area contributed by atoms with E-state index in [0.29, 0.717) is 0 Å². The second-order valence-electron chi connectivity index (χ2n) is 10.3. The van der Waals surface area contributed by atoms with Crippen LogP contribution in [0.3, 0.4) is 0 Å². The Morgan fingerprint density at radius 1 is 0.400 bits per heavy atom. The standard InChI is InChI=1S/C24H44.H2O/c1-19-3-7-21(8-4-19)11-13-23-15-17-24(18-16-23)14-12-22-9-5-20(2)6-10-22;/h19-24H,3-18H2,1-2H3;1H2. The maximum atomic E-state index is 2.45. The molecule has 0 aliphatic heterocycles. The Balaban J connectivity index is 0.00000225.